The molecule has 0 saturated carbocycles. The molecule has 4 rings (SSSR count). The highest BCUT2D eigenvalue weighted by atomic mass is 32.2. The lowest BCUT2D eigenvalue weighted by Gasteiger charge is -2.25. The zero-order chi connectivity index (χ0) is 24.7. The summed E-state index contributed by atoms with van der Waals surface area (Å²) < 4.78 is 65.1. The number of nitrogens with zero attached hydrogens (tertiary/aromatic N) is 2. The third-order valence-electron chi connectivity index (χ3n) is 5.15. The molecule has 7 nitrogen and oxygen atoms in total. The third kappa shape index (κ3) is 4.50. The fraction of sp³-hybridized carbons (Fsp3) is 0.136. The molecule has 0 spiro atoms. The highest BCUT2D eigenvalue weighted by Gasteiger charge is 2.36. The molecule has 1 amide bonds. The van der Waals surface area contributed by atoms with E-state index in [0.29, 0.717) is 11.3 Å². The Kier molecular flexibility index (Phi) is 6.13. The van der Waals surface area contributed by atoms with Gasteiger partial charge in [-0.15, -0.1) is 11.8 Å². The summed E-state index contributed by atoms with van der Waals surface area (Å²) in [6.07, 6.45) is -4.53. The largest absolute Gasteiger partial charge is 0.416 e. The van der Waals surface area contributed by atoms with Gasteiger partial charge in [-0.05, 0) is 54.1 Å². The minimum Gasteiger partial charge on any atom is -0.295 e. The van der Waals surface area contributed by atoms with Gasteiger partial charge in [-0.3, -0.25) is 19.8 Å². The second kappa shape index (κ2) is 8.76. The first-order valence-electron chi connectivity index (χ1n) is 9.69. The zero-order valence-corrected chi connectivity index (χ0v) is 18.7. The predicted molar refractivity (Wildman–Crippen MR) is 119 cm³/mol. The van der Waals surface area contributed by atoms with Crippen LogP contribution >= 0.6 is 11.8 Å². The number of alkyl halides is 3. The molecule has 0 bridgehead atoms. The van der Waals surface area contributed by atoms with Crippen molar-refractivity contribution >= 4 is 38.9 Å². The lowest BCUT2D eigenvalue weighted by atomic mass is 10.1. The van der Waals surface area contributed by atoms with Gasteiger partial charge in [0.2, 0.25) is 15.7 Å². The van der Waals surface area contributed by atoms with Crippen molar-refractivity contribution in [2.24, 2.45) is 0 Å². The van der Waals surface area contributed by atoms with E-state index in [1.54, 1.807) is 0 Å². The summed E-state index contributed by atoms with van der Waals surface area (Å²) in [5.74, 6) is -0.262. The number of sulfone groups is 1. The van der Waals surface area contributed by atoms with Gasteiger partial charge < -0.3 is 0 Å². The molecule has 1 saturated heterocycles. The third-order valence-corrected chi connectivity index (χ3v) is 8.15. The van der Waals surface area contributed by atoms with Gasteiger partial charge in [0.25, 0.3) is 5.69 Å². The Balaban J connectivity index is 1.64. The van der Waals surface area contributed by atoms with Crippen LogP contribution in [-0.4, -0.2) is 25.0 Å². The summed E-state index contributed by atoms with van der Waals surface area (Å²) in [6, 6.07) is 14.5. The Bertz CT molecular complexity index is 1360. The van der Waals surface area contributed by atoms with Gasteiger partial charge in [0, 0.05) is 17.8 Å². The molecule has 1 unspecified atom stereocenters. The van der Waals surface area contributed by atoms with E-state index in [-0.39, 0.29) is 27.1 Å². The Morgan fingerprint density at radius 3 is 2.12 bits per heavy atom. The molecule has 1 fully saturated rings. The van der Waals surface area contributed by atoms with E-state index >= 15 is 0 Å². The van der Waals surface area contributed by atoms with Gasteiger partial charge >= 0.3 is 6.18 Å². The summed E-state index contributed by atoms with van der Waals surface area (Å²) in [6.45, 7) is 0. The monoisotopic (exact) mass is 508 g/mol. The fourth-order valence-electron chi connectivity index (χ4n) is 3.49. The summed E-state index contributed by atoms with van der Waals surface area (Å²) in [5.41, 5.74) is -0.442. The van der Waals surface area contributed by atoms with Crippen LogP contribution in [0.3, 0.4) is 0 Å². The zero-order valence-electron chi connectivity index (χ0n) is 17.1. The lowest BCUT2D eigenvalue weighted by molar-refractivity contribution is -0.384. The van der Waals surface area contributed by atoms with Crippen molar-refractivity contribution in [3.05, 3.63) is 94.0 Å². The predicted octanol–water partition coefficient (Wildman–Crippen LogP) is 5.23. The van der Waals surface area contributed by atoms with Gasteiger partial charge in [0.1, 0.15) is 5.37 Å². The van der Waals surface area contributed by atoms with Crippen molar-refractivity contribution in [3.63, 3.8) is 0 Å². The first-order chi connectivity index (χ1) is 16.0. The fourth-order valence-corrected chi connectivity index (χ4v) is 5.92. The number of hydrogen-bond acceptors (Lipinski definition) is 6. The van der Waals surface area contributed by atoms with Gasteiger partial charge in [-0.2, -0.15) is 13.2 Å². The number of nitro benzene ring substituents is 1. The maximum Gasteiger partial charge on any atom is 0.416 e. The summed E-state index contributed by atoms with van der Waals surface area (Å²) in [7, 11) is -3.98. The van der Waals surface area contributed by atoms with Gasteiger partial charge in [-0.25, -0.2) is 8.42 Å². The van der Waals surface area contributed by atoms with E-state index in [1.807, 2.05) is 0 Å². The smallest absolute Gasteiger partial charge is 0.295 e. The molecule has 176 valence electrons. The molecule has 1 atom stereocenters. The van der Waals surface area contributed by atoms with E-state index in [0.717, 1.165) is 36.4 Å². The summed E-state index contributed by atoms with van der Waals surface area (Å²) in [4.78, 5) is 23.8. The van der Waals surface area contributed by atoms with E-state index in [1.165, 1.54) is 53.1 Å². The molecular weight excluding hydrogens is 493 g/mol. The van der Waals surface area contributed by atoms with Crippen LogP contribution in [0.5, 0.6) is 0 Å². The minimum atomic E-state index is -4.53. The van der Waals surface area contributed by atoms with E-state index in [2.05, 4.69) is 0 Å². The van der Waals surface area contributed by atoms with E-state index in [4.69, 9.17) is 0 Å². The van der Waals surface area contributed by atoms with Crippen LogP contribution in [0, 0.1) is 10.1 Å². The number of halogens is 3. The summed E-state index contributed by atoms with van der Waals surface area (Å²) >= 11 is 1.17. The highest BCUT2D eigenvalue weighted by molar-refractivity contribution is 8.00. The van der Waals surface area contributed by atoms with Crippen LogP contribution in [0.2, 0.25) is 0 Å². The number of nitro groups is 1. The van der Waals surface area contributed by atoms with Gasteiger partial charge in [-0.1, -0.05) is 12.1 Å². The SMILES string of the molecule is O=C1CSC(c2cccc(C(F)(F)F)c2)N1c1ccc(S(=O)(=O)c2ccc([N+](=O)[O-])cc2)cc1. The average molecular weight is 508 g/mol. The Hall–Kier alpha value is -3.38. The maximum absolute atomic E-state index is 13.1. The second-order valence-corrected chi connectivity index (χ2v) is 10.3. The minimum absolute atomic E-state index is 0.0593. The number of non-ortho nitro benzene ring substituents is 1. The topological polar surface area (TPSA) is 97.6 Å². The van der Waals surface area contributed by atoms with Crippen molar-refractivity contribution < 1.29 is 31.3 Å². The Morgan fingerprint density at radius 1 is 0.971 bits per heavy atom. The number of amides is 1. The second-order valence-electron chi connectivity index (χ2n) is 7.30. The quantitative estimate of drug-likeness (QED) is 0.346. The molecule has 3 aromatic rings. The van der Waals surface area contributed by atoms with Gasteiger partial charge in [0.15, 0.2) is 0 Å². The molecule has 0 radical (unpaired) electrons. The number of thioether (sulfide) groups is 1. The number of carbonyl (C=O) groups is 1. The number of benzene rings is 3. The van der Waals surface area contributed by atoms with Crippen LogP contribution in [-0.2, 0) is 20.8 Å². The first kappa shape index (κ1) is 23.8. The van der Waals surface area contributed by atoms with Crippen molar-refractivity contribution in [3.8, 4) is 0 Å². The average Bonchev–Trinajstić information content (AvgIpc) is 3.20. The number of hydrogen-bond donors (Lipinski definition) is 0. The molecule has 0 aliphatic carbocycles. The molecule has 12 heteroatoms. The number of anilines is 1. The summed E-state index contributed by atoms with van der Waals surface area (Å²) in [5, 5.41) is 10.1. The number of rotatable bonds is 5. The van der Waals surface area contributed by atoms with Crippen LogP contribution in [0.1, 0.15) is 16.5 Å². The molecule has 0 aromatic heterocycles. The van der Waals surface area contributed by atoms with Gasteiger partial charge in [0.05, 0.1) is 26.0 Å². The lowest BCUT2D eigenvalue weighted by Crippen LogP contribution is -2.28. The highest BCUT2D eigenvalue weighted by Crippen LogP contribution is 2.43. The van der Waals surface area contributed by atoms with Crippen molar-refractivity contribution in [2.45, 2.75) is 21.3 Å². The Morgan fingerprint density at radius 2 is 1.56 bits per heavy atom. The molecule has 1 heterocycles. The van der Waals surface area contributed by atoms with Crippen LogP contribution < -0.4 is 4.90 Å². The molecule has 34 heavy (non-hydrogen) atoms. The van der Waals surface area contributed by atoms with E-state index < -0.39 is 31.9 Å². The Labute approximate surface area is 196 Å². The maximum atomic E-state index is 13.1. The van der Waals surface area contributed by atoms with Crippen LogP contribution in [0.25, 0.3) is 0 Å². The van der Waals surface area contributed by atoms with E-state index in [9.17, 15) is 36.5 Å². The standard InChI is InChI=1S/C22H15F3N2O5S2/c23-22(24,25)15-3-1-2-14(12-15)21-26(20(28)13-33-21)16-4-8-18(9-5-16)34(31,32)19-10-6-17(7-11-19)27(29)30/h1-12,21H,13H2. The molecule has 1 aliphatic heterocycles. The van der Waals surface area contributed by atoms with Crippen molar-refractivity contribution in [1.82, 2.24) is 0 Å². The van der Waals surface area contributed by atoms with Crippen LogP contribution in [0.15, 0.2) is 82.6 Å². The molecule has 1 aliphatic rings. The van der Waals surface area contributed by atoms with Crippen molar-refractivity contribution in [1.29, 1.82) is 0 Å². The molecular formula is C22H15F3N2O5S2. The number of carbonyl (C=O) groups excluding carboxylic acids is 1. The normalized spacial score (nSPS) is 16.6. The van der Waals surface area contributed by atoms with Crippen LogP contribution in [0.4, 0.5) is 24.5 Å². The van der Waals surface area contributed by atoms with Crippen molar-refractivity contribution in [2.75, 3.05) is 10.7 Å². The molecule has 0 N–H and O–H groups in total. The molecule has 3 aromatic carbocycles. The first-order valence-corrected chi connectivity index (χ1v) is 12.2.